The summed E-state index contributed by atoms with van der Waals surface area (Å²) in [6.45, 7) is 1.88. The highest BCUT2D eigenvalue weighted by atomic mass is 19.4. The number of hydrogen-bond acceptors (Lipinski definition) is 3. The number of urea groups is 1. The van der Waals surface area contributed by atoms with E-state index in [0.29, 0.717) is 5.56 Å². The molecule has 0 heterocycles. The van der Waals surface area contributed by atoms with Crippen LogP contribution >= 0.6 is 0 Å². The Balaban J connectivity index is 2.79. The number of aryl methyl sites for hydroxylation is 1. The number of aliphatic hydroxyl groups is 1. The lowest BCUT2D eigenvalue weighted by molar-refractivity contribution is -0.155. The van der Waals surface area contributed by atoms with Crippen molar-refractivity contribution >= 4 is 17.7 Å². The number of halogens is 3. The normalized spacial score (nSPS) is 14.1. The maximum Gasteiger partial charge on any atom is 0.416 e. The van der Waals surface area contributed by atoms with Crippen molar-refractivity contribution in [1.82, 2.24) is 5.32 Å². The van der Waals surface area contributed by atoms with Crippen molar-refractivity contribution in [1.29, 1.82) is 0 Å². The van der Waals surface area contributed by atoms with Crippen molar-refractivity contribution in [3.05, 3.63) is 29.3 Å². The molecule has 9 heteroatoms. The van der Waals surface area contributed by atoms with Crippen molar-refractivity contribution < 1.29 is 33.0 Å². The van der Waals surface area contributed by atoms with Gasteiger partial charge in [0.05, 0.1) is 12.1 Å². The van der Waals surface area contributed by atoms with Crippen molar-refractivity contribution in [2.75, 3.05) is 11.9 Å². The first-order valence-corrected chi connectivity index (χ1v) is 6.12. The first kappa shape index (κ1) is 17.8. The molecule has 0 aliphatic carbocycles. The molecule has 0 aliphatic heterocycles. The number of carboxylic acid groups (broad SMARTS) is 1. The minimum Gasteiger partial charge on any atom is -0.479 e. The van der Waals surface area contributed by atoms with E-state index in [4.69, 9.17) is 5.11 Å². The summed E-state index contributed by atoms with van der Waals surface area (Å²) in [6, 6.07) is 1.92. The largest absolute Gasteiger partial charge is 0.479 e. The Morgan fingerprint density at radius 2 is 1.86 bits per heavy atom. The van der Waals surface area contributed by atoms with Gasteiger partial charge in [0.15, 0.2) is 5.60 Å². The van der Waals surface area contributed by atoms with Gasteiger partial charge in [-0.2, -0.15) is 13.2 Å². The molecule has 0 radical (unpaired) electrons. The van der Waals surface area contributed by atoms with Gasteiger partial charge in [0.1, 0.15) is 0 Å². The van der Waals surface area contributed by atoms with Crippen molar-refractivity contribution in [3.8, 4) is 0 Å². The maximum atomic E-state index is 12.6. The van der Waals surface area contributed by atoms with Crippen LogP contribution in [0.4, 0.5) is 23.7 Å². The van der Waals surface area contributed by atoms with Gasteiger partial charge in [-0.15, -0.1) is 0 Å². The Bertz CT molecular complexity index is 585. The van der Waals surface area contributed by atoms with Gasteiger partial charge in [-0.1, -0.05) is 6.07 Å². The SMILES string of the molecule is Cc1ccc(C(F)(F)F)cc1NC(=O)NCC(C)(O)C(=O)O. The highest BCUT2D eigenvalue weighted by molar-refractivity contribution is 5.90. The van der Waals surface area contributed by atoms with Gasteiger partial charge >= 0.3 is 18.2 Å². The fraction of sp³-hybridized carbons (Fsp3) is 0.385. The van der Waals surface area contributed by atoms with Gasteiger partial charge in [0, 0.05) is 5.69 Å². The number of hydrogen-bond donors (Lipinski definition) is 4. The van der Waals surface area contributed by atoms with Crippen LogP contribution in [0.2, 0.25) is 0 Å². The molecule has 1 unspecified atom stereocenters. The molecule has 6 nitrogen and oxygen atoms in total. The fourth-order valence-electron chi connectivity index (χ4n) is 1.43. The number of carboxylic acids is 1. The molecule has 1 aromatic carbocycles. The topological polar surface area (TPSA) is 98.7 Å². The standard InChI is InChI=1S/C13H15F3N2O4/c1-7-3-4-8(13(14,15)16)5-9(7)18-11(21)17-6-12(2,22)10(19)20/h3-5,22H,6H2,1-2H3,(H,19,20)(H2,17,18,21). The van der Waals surface area contributed by atoms with E-state index >= 15 is 0 Å². The van der Waals surface area contributed by atoms with E-state index in [9.17, 15) is 27.9 Å². The summed E-state index contributed by atoms with van der Waals surface area (Å²) in [4.78, 5) is 22.2. The molecule has 22 heavy (non-hydrogen) atoms. The van der Waals surface area contributed by atoms with Gasteiger partial charge in [0.25, 0.3) is 0 Å². The minimum atomic E-state index is -4.55. The van der Waals surface area contributed by atoms with E-state index < -0.39 is 35.9 Å². The Labute approximate surface area is 123 Å². The highest BCUT2D eigenvalue weighted by Gasteiger charge is 2.32. The van der Waals surface area contributed by atoms with Gasteiger partial charge in [-0.25, -0.2) is 9.59 Å². The average molecular weight is 320 g/mol. The van der Waals surface area contributed by atoms with Crippen molar-refractivity contribution in [2.24, 2.45) is 0 Å². The molecule has 122 valence electrons. The Morgan fingerprint density at radius 3 is 2.36 bits per heavy atom. The molecular formula is C13H15F3N2O4. The third-order valence-corrected chi connectivity index (χ3v) is 2.87. The lowest BCUT2D eigenvalue weighted by Gasteiger charge is -2.19. The summed E-state index contributed by atoms with van der Waals surface area (Å²) in [5.41, 5.74) is -2.78. The van der Waals surface area contributed by atoms with E-state index in [1.54, 1.807) is 0 Å². The lowest BCUT2D eigenvalue weighted by atomic mass is 10.1. The summed E-state index contributed by atoms with van der Waals surface area (Å²) < 4.78 is 37.8. The molecule has 0 fully saturated rings. The number of amides is 2. The molecular weight excluding hydrogens is 305 g/mol. The van der Waals surface area contributed by atoms with Crippen molar-refractivity contribution in [3.63, 3.8) is 0 Å². The van der Waals surface area contributed by atoms with Crippen molar-refractivity contribution in [2.45, 2.75) is 25.6 Å². The molecule has 0 bridgehead atoms. The Morgan fingerprint density at radius 1 is 1.27 bits per heavy atom. The van der Waals surface area contributed by atoms with Crippen LogP contribution in [-0.2, 0) is 11.0 Å². The number of rotatable bonds is 4. The Kier molecular flexibility index (Phi) is 5.02. The average Bonchev–Trinajstić information content (AvgIpc) is 2.37. The summed E-state index contributed by atoms with van der Waals surface area (Å²) in [5, 5.41) is 22.3. The Hall–Kier alpha value is -2.29. The van der Waals surface area contributed by atoms with E-state index in [-0.39, 0.29) is 5.69 Å². The zero-order valence-corrected chi connectivity index (χ0v) is 11.8. The van der Waals surface area contributed by atoms with Crippen LogP contribution in [0.25, 0.3) is 0 Å². The summed E-state index contributed by atoms with van der Waals surface area (Å²) in [6.07, 6.45) is -4.55. The van der Waals surface area contributed by atoms with Crippen LogP contribution < -0.4 is 10.6 Å². The monoisotopic (exact) mass is 320 g/mol. The number of aliphatic carboxylic acids is 1. The second-order valence-electron chi connectivity index (χ2n) is 4.91. The lowest BCUT2D eigenvalue weighted by Crippen LogP contribution is -2.47. The van der Waals surface area contributed by atoms with Gasteiger partial charge in [0.2, 0.25) is 0 Å². The first-order chi connectivity index (χ1) is 9.93. The number of nitrogens with one attached hydrogen (secondary N) is 2. The molecule has 0 saturated heterocycles. The molecule has 1 rings (SSSR count). The molecule has 2 amide bonds. The van der Waals surface area contributed by atoms with E-state index in [1.807, 2.05) is 0 Å². The van der Waals surface area contributed by atoms with Crippen LogP contribution in [0.3, 0.4) is 0 Å². The third kappa shape index (κ3) is 4.62. The quantitative estimate of drug-likeness (QED) is 0.681. The van der Waals surface area contributed by atoms with Crippen LogP contribution in [-0.4, -0.2) is 34.4 Å². The van der Waals surface area contributed by atoms with Gasteiger partial charge < -0.3 is 20.8 Å². The predicted octanol–water partition coefficient (Wildman–Crippen LogP) is 1.97. The highest BCUT2D eigenvalue weighted by Crippen LogP contribution is 2.31. The minimum absolute atomic E-state index is 0.0673. The number of benzene rings is 1. The summed E-state index contributed by atoms with van der Waals surface area (Å²) in [5.74, 6) is -1.54. The number of alkyl halides is 3. The molecule has 0 aromatic heterocycles. The molecule has 4 N–H and O–H groups in total. The third-order valence-electron chi connectivity index (χ3n) is 2.87. The van der Waals surface area contributed by atoms with E-state index in [0.717, 1.165) is 19.1 Å². The molecule has 0 aliphatic rings. The molecule has 0 saturated carbocycles. The molecule has 0 spiro atoms. The summed E-state index contributed by atoms with van der Waals surface area (Å²) in [7, 11) is 0. The fourth-order valence-corrected chi connectivity index (χ4v) is 1.43. The second-order valence-corrected chi connectivity index (χ2v) is 4.91. The first-order valence-electron chi connectivity index (χ1n) is 6.12. The number of carbonyl (C=O) groups is 2. The van der Waals surface area contributed by atoms with Crippen LogP contribution in [0, 0.1) is 6.92 Å². The van der Waals surface area contributed by atoms with Gasteiger partial charge in [-0.3, -0.25) is 0 Å². The van der Waals surface area contributed by atoms with Crippen LogP contribution in [0.1, 0.15) is 18.1 Å². The van der Waals surface area contributed by atoms with E-state index in [1.165, 1.54) is 13.0 Å². The van der Waals surface area contributed by atoms with Crippen LogP contribution in [0.5, 0.6) is 0 Å². The molecule has 1 atom stereocenters. The number of anilines is 1. The predicted molar refractivity (Wildman–Crippen MR) is 71.5 cm³/mol. The molecule has 1 aromatic rings. The zero-order valence-electron chi connectivity index (χ0n) is 11.8. The zero-order chi connectivity index (χ0) is 17.1. The number of carbonyl (C=O) groups excluding carboxylic acids is 1. The maximum absolute atomic E-state index is 12.6. The smallest absolute Gasteiger partial charge is 0.416 e. The van der Waals surface area contributed by atoms with Gasteiger partial charge in [-0.05, 0) is 31.5 Å². The van der Waals surface area contributed by atoms with E-state index in [2.05, 4.69) is 10.6 Å². The second kappa shape index (κ2) is 6.22. The summed E-state index contributed by atoms with van der Waals surface area (Å²) >= 11 is 0. The van der Waals surface area contributed by atoms with Crippen LogP contribution in [0.15, 0.2) is 18.2 Å².